The molecule has 0 spiro atoms. The molecule has 3 N–H and O–H groups in total. The number of pyridine rings is 1. The van der Waals surface area contributed by atoms with E-state index in [1.54, 1.807) is 12.4 Å². The highest BCUT2D eigenvalue weighted by Gasteiger charge is 2.21. The zero-order chi connectivity index (χ0) is 18.0. The van der Waals surface area contributed by atoms with Gasteiger partial charge in [-0.1, -0.05) is 36.4 Å². The van der Waals surface area contributed by atoms with Gasteiger partial charge in [-0.3, -0.25) is 4.98 Å². The molecule has 0 saturated heterocycles. The lowest BCUT2D eigenvalue weighted by molar-refractivity contribution is 0.229. The molecule has 2 amide bonds. The third kappa shape index (κ3) is 6.15. The highest BCUT2D eigenvalue weighted by Crippen LogP contribution is 2.18. The minimum absolute atomic E-state index is 0.0886. The molecule has 0 radical (unpaired) electrons. The molecule has 1 aromatic carbocycles. The SMILES string of the molecule is O=C(NCc1cccnc1)N[C@H]1CC[C@H](NCCc2ccccc2)CC1. The number of aromatic nitrogens is 1. The highest BCUT2D eigenvalue weighted by atomic mass is 16.2. The fourth-order valence-electron chi connectivity index (χ4n) is 3.43. The number of urea groups is 1. The minimum atomic E-state index is -0.0886. The Labute approximate surface area is 155 Å². The van der Waals surface area contributed by atoms with Crippen LogP contribution >= 0.6 is 0 Å². The van der Waals surface area contributed by atoms with Crippen LogP contribution < -0.4 is 16.0 Å². The summed E-state index contributed by atoms with van der Waals surface area (Å²) in [5.74, 6) is 0. The van der Waals surface area contributed by atoms with Gasteiger partial charge in [0.15, 0.2) is 0 Å². The molecule has 0 bridgehead atoms. The monoisotopic (exact) mass is 352 g/mol. The van der Waals surface area contributed by atoms with Crippen molar-refractivity contribution in [1.29, 1.82) is 0 Å². The summed E-state index contributed by atoms with van der Waals surface area (Å²) in [6.07, 6.45) is 8.86. The van der Waals surface area contributed by atoms with E-state index < -0.39 is 0 Å². The second-order valence-electron chi connectivity index (χ2n) is 6.93. The Morgan fingerprint density at radius 1 is 0.962 bits per heavy atom. The van der Waals surface area contributed by atoms with Gasteiger partial charge in [0, 0.05) is 31.0 Å². The summed E-state index contributed by atoms with van der Waals surface area (Å²) in [6, 6.07) is 15.2. The van der Waals surface area contributed by atoms with Crippen molar-refractivity contribution in [3.05, 3.63) is 66.0 Å². The van der Waals surface area contributed by atoms with Gasteiger partial charge in [0.1, 0.15) is 0 Å². The number of carbonyl (C=O) groups is 1. The quantitative estimate of drug-likeness (QED) is 0.718. The van der Waals surface area contributed by atoms with Crippen molar-refractivity contribution in [3.63, 3.8) is 0 Å². The maximum atomic E-state index is 12.0. The van der Waals surface area contributed by atoms with Crippen LogP contribution in [0.1, 0.15) is 36.8 Å². The number of hydrogen-bond donors (Lipinski definition) is 3. The van der Waals surface area contributed by atoms with Crippen LogP contribution in [0.15, 0.2) is 54.9 Å². The number of hydrogen-bond acceptors (Lipinski definition) is 3. The van der Waals surface area contributed by atoms with E-state index in [-0.39, 0.29) is 12.1 Å². The first-order chi connectivity index (χ1) is 12.8. The van der Waals surface area contributed by atoms with Crippen molar-refractivity contribution >= 4 is 6.03 Å². The Kier molecular flexibility index (Phi) is 7.02. The van der Waals surface area contributed by atoms with Gasteiger partial charge in [-0.15, -0.1) is 0 Å². The fraction of sp³-hybridized carbons (Fsp3) is 0.429. The highest BCUT2D eigenvalue weighted by molar-refractivity contribution is 5.74. The Balaban J connectivity index is 1.29. The topological polar surface area (TPSA) is 66.0 Å². The Bertz CT molecular complexity index is 654. The van der Waals surface area contributed by atoms with Crippen LogP contribution in [0.3, 0.4) is 0 Å². The van der Waals surface area contributed by atoms with E-state index in [9.17, 15) is 4.79 Å². The zero-order valence-electron chi connectivity index (χ0n) is 15.2. The predicted molar refractivity (Wildman–Crippen MR) is 104 cm³/mol. The maximum Gasteiger partial charge on any atom is 0.315 e. The fourth-order valence-corrected chi connectivity index (χ4v) is 3.43. The molecule has 1 aliphatic rings. The van der Waals surface area contributed by atoms with Gasteiger partial charge in [-0.25, -0.2) is 4.79 Å². The second kappa shape index (κ2) is 9.92. The number of rotatable bonds is 7. The van der Waals surface area contributed by atoms with Crippen molar-refractivity contribution in [3.8, 4) is 0 Å². The molecule has 138 valence electrons. The van der Waals surface area contributed by atoms with Crippen molar-refractivity contribution in [2.45, 2.75) is 50.7 Å². The number of nitrogens with zero attached hydrogens (tertiary/aromatic N) is 1. The second-order valence-corrected chi connectivity index (χ2v) is 6.93. The molecule has 5 heteroatoms. The third-order valence-corrected chi connectivity index (χ3v) is 4.93. The van der Waals surface area contributed by atoms with Crippen LogP contribution in [0.2, 0.25) is 0 Å². The average molecular weight is 352 g/mol. The lowest BCUT2D eigenvalue weighted by Gasteiger charge is -2.29. The number of amides is 2. The Morgan fingerprint density at radius 3 is 2.42 bits per heavy atom. The first-order valence-corrected chi connectivity index (χ1v) is 9.50. The molecule has 2 aromatic rings. The Hall–Kier alpha value is -2.40. The smallest absolute Gasteiger partial charge is 0.315 e. The summed E-state index contributed by atoms with van der Waals surface area (Å²) in [5, 5.41) is 9.65. The largest absolute Gasteiger partial charge is 0.335 e. The standard InChI is InChI=1S/C21H28N4O/c26-21(24-16-18-7-4-13-22-15-18)25-20-10-8-19(9-11-20)23-14-12-17-5-2-1-3-6-17/h1-7,13,15,19-20,23H,8-12,14,16H2,(H2,24,25,26)/t19-,20-. The summed E-state index contributed by atoms with van der Waals surface area (Å²) >= 11 is 0. The molecule has 26 heavy (non-hydrogen) atoms. The summed E-state index contributed by atoms with van der Waals surface area (Å²) < 4.78 is 0. The van der Waals surface area contributed by atoms with Gasteiger partial charge in [0.2, 0.25) is 0 Å². The van der Waals surface area contributed by atoms with Crippen LogP contribution in [0.4, 0.5) is 4.79 Å². The summed E-state index contributed by atoms with van der Waals surface area (Å²) in [5.41, 5.74) is 2.38. The molecular formula is C21H28N4O. The third-order valence-electron chi connectivity index (χ3n) is 4.93. The van der Waals surface area contributed by atoms with Crippen LogP contribution in [0.25, 0.3) is 0 Å². The van der Waals surface area contributed by atoms with Crippen molar-refractivity contribution in [2.24, 2.45) is 0 Å². The molecule has 0 unspecified atom stereocenters. The number of carbonyl (C=O) groups excluding carboxylic acids is 1. The Morgan fingerprint density at radius 2 is 1.69 bits per heavy atom. The molecular weight excluding hydrogens is 324 g/mol. The average Bonchev–Trinajstić information content (AvgIpc) is 2.69. The molecule has 1 aliphatic carbocycles. The first kappa shape index (κ1) is 18.4. The van der Waals surface area contributed by atoms with Crippen molar-refractivity contribution in [1.82, 2.24) is 20.9 Å². The maximum absolute atomic E-state index is 12.0. The molecule has 5 nitrogen and oxygen atoms in total. The lowest BCUT2D eigenvalue weighted by atomic mass is 9.91. The van der Waals surface area contributed by atoms with E-state index in [1.165, 1.54) is 5.56 Å². The number of benzene rings is 1. The molecule has 1 heterocycles. The molecule has 1 fully saturated rings. The van der Waals surface area contributed by atoms with E-state index in [0.717, 1.165) is 44.2 Å². The first-order valence-electron chi connectivity index (χ1n) is 9.50. The predicted octanol–water partition coefficient (Wildman–Crippen LogP) is 3.02. The van der Waals surface area contributed by atoms with Crippen LogP contribution in [-0.2, 0) is 13.0 Å². The van der Waals surface area contributed by atoms with Gasteiger partial charge < -0.3 is 16.0 Å². The molecule has 3 rings (SSSR count). The van der Waals surface area contributed by atoms with Gasteiger partial charge >= 0.3 is 6.03 Å². The van der Waals surface area contributed by atoms with E-state index in [0.29, 0.717) is 12.6 Å². The molecule has 1 aromatic heterocycles. The normalized spacial score (nSPS) is 19.7. The van der Waals surface area contributed by atoms with Crippen LogP contribution in [0.5, 0.6) is 0 Å². The van der Waals surface area contributed by atoms with Gasteiger partial charge in [-0.2, -0.15) is 0 Å². The van der Waals surface area contributed by atoms with Gasteiger partial charge in [0.05, 0.1) is 0 Å². The molecule has 0 atom stereocenters. The van der Waals surface area contributed by atoms with E-state index in [2.05, 4.69) is 51.3 Å². The summed E-state index contributed by atoms with van der Waals surface area (Å²) in [7, 11) is 0. The van der Waals surface area contributed by atoms with E-state index in [1.807, 2.05) is 12.1 Å². The molecule has 1 saturated carbocycles. The minimum Gasteiger partial charge on any atom is -0.335 e. The van der Waals surface area contributed by atoms with Gasteiger partial charge in [0.25, 0.3) is 0 Å². The zero-order valence-corrected chi connectivity index (χ0v) is 15.2. The van der Waals surface area contributed by atoms with Crippen molar-refractivity contribution in [2.75, 3.05) is 6.54 Å². The summed E-state index contributed by atoms with van der Waals surface area (Å²) in [4.78, 5) is 16.1. The van der Waals surface area contributed by atoms with Crippen LogP contribution in [-0.4, -0.2) is 29.6 Å². The number of nitrogens with one attached hydrogen (secondary N) is 3. The van der Waals surface area contributed by atoms with Crippen LogP contribution in [0, 0.1) is 0 Å². The molecule has 0 aliphatic heterocycles. The summed E-state index contributed by atoms with van der Waals surface area (Å²) in [6.45, 7) is 1.52. The van der Waals surface area contributed by atoms with Crippen molar-refractivity contribution < 1.29 is 4.79 Å². The van der Waals surface area contributed by atoms with E-state index in [4.69, 9.17) is 0 Å². The van der Waals surface area contributed by atoms with E-state index >= 15 is 0 Å². The lowest BCUT2D eigenvalue weighted by Crippen LogP contribution is -2.46. The van der Waals surface area contributed by atoms with Gasteiger partial charge in [-0.05, 0) is 55.8 Å².